The van der Waals surface area contributed by atoms with Crippen LogP contribution in [0.15, 0.2) is 91.4 Å². The lowest BCUT2D eigenvalue weighted by atomic mass is 10.3. The van der Waals surface area contributed by atoms with E-state index < -0.39 is 0 Å². The van der Waals surface area contributed by atoms with E-state index in [0.29, 0.717) is 5.57 Å². The van der Waals surface area contributed by atoms with Gasteiger partial charge in [-0.3, -0.25) is 0 Å². The smallest absolute Gasteiger partial charge is 0.0508 e. The summed E-state index contributed by atoms with van der Waals surface area (Å²) < 4.78 is 0. The highest BCUT2D eigenvalue weighted by molar-refractivity contribution is 5.45. The quantitative estimate of drug-likeness (QED) is 0.374. The van der Waals surface area contributed by atoms with Crippen molar-refractivity contribution in [1.29, 1.82) is 0 Å². The molecule has 35 heavy (non-hydrogen) atoms. The van der Waals surface area contributed by atoms with Gasteiger partial charge in [-0.25, -0.2) is 0 Å². The van der Waals surface area contributed by atoms with Crippen molar-refractivity contribution in [3.05, 3.63) is 91.4 Å². The molecule has 0 N–H and O–H groups in total. The maximum absolute atomic E-state index is 2.83. The van der Waals surface area contributed by atoms with Gasteiger partial charge in [-0.15, -0.1) is 5.92 Å². The highest BCUT2D eigenvalue weighted by Crippen LogP contribution is 1.82. The Labute approximate surface area is 208 Å². The Morgan fingerprint density at radius 1 is 0.429 bits per heavy atom. The molecule has 0 spiro atoms. The highest BCUT2D eigenvalue weighted by Gasteiger charge is 1.71. The van der Waals surface area contributed by atoms with Crippen LogP contribution in [0.1, 0.15) is 34.1 Å². The van der Waals surface area contributed by atoms with Crippen LogP contribution in [-0.4, -0.2) is 0 Å². The zero-order valence-corrected chi connectivity index (χ0v) is 19.7. The van der Waals surface area contributed by atoms with Gasteiger partial charge in [0.2, 0.25) is 0 Å². The van der Waals surface area contributed by atoms with Crippen molar-refractivity contribution in [3.8, 4) is 82.9 Å². The van der Waals surface area contributed by atoms with E-state index in [4.69, 9.17) is 0 Å². The second-order valence-corrected chi connectivity index (χ2v) is 5.28. The first-order valence-corrected chi connectivity index (χ1v) is 9.81. The molecule has 0 heterocycles. The highest BCUT2D eigenvalue weighted by atomic mass is 13.7. The van der Waals surface area contributed by atoms with E-state index in [-0.39, 0.29) is 0 Å². The Morgan fingerprint density at radius 3 is 1.17 bits per heavy atom. The van der Waals surface area contributed by atoms with Crippen LogP contribution >= 0.6 is 0 Å². The van der Waals surface area contributed by atoms with Crippen LogP contribution in [0.25, 0.3) is 0 Å². The number of hydrogen-bond acceptors (Lipinski definition) is 0. The van der Waals surface area contributed by atoms with Crippen LogP contribution in [0.4, 0.5) is 0 Å². The molecule has 0 rings (SSSR count). The summed E-state index contributed by atoms with van der Waals surface area (Å²) in [5.41, 5.74) is 37.8. The SMILES string of the molecule is CC#CC(C)=C=C=C=C=C=C=C=C=C=C=C=C=C=C=C(C)C#CC#CC#CC#CC#CC#CCC. The van der Waals surface area contributed by atoms with Gasteiger partial charge in [0.05, 0.1) is 5.57 Å². The lowest BCUT2D eigenvalue weighted by Gasteiger charge is -1.70. The standard InChI is InChI=1S/C35H14/c1-5-7-8-9-10-11-12-15-19-22-25-28-32-35(4)33-29-26-23-20-17-14-13-16-18-21-24-27-31-34(3)30-6-2/h5H2,1-4H3. The summed E-state index contributed by atoms with van der Waals surface area (Å²) >= 11 is 0. The monoisotopic (exact) mass is 434 g/mol. The lowest BCUT2D eigenvalue weighted by Crippen LogP contribution is -1.61. The Hall–Kier alpha value is -6.42. The zero-order valence-electron chi connectivity index (χ0n) is 19.7. The first-order chi connectivity index (χ1) is 17.2. The molecule has 0 aromatic rings. The summed E-state index contributed by atoms with van der Waals surface area (Å²) in [6.45, 7) is 7.27. The summed E-state index contributed by atoms with van der Waals surface area (Å²) in [5.74, 6) is 37.0. The first-order valence-electron chi connectivity index (χ1n) is 9.81. The third-order valence-corrected chi connectivity index (χ3v) is 2.58. The van der Waals surface area contributed by atoms with E-state index in [0.717, 1.165) is 12.0 Å². The second-order valence-electron chi connectivity index (χ2n) is 5.28. The fourth-order valence-electron chi connectivity index (χ4n) is 1.32. The molecular formula is C35H14. The molecule has 0 aliphatic rings. The summed E-state index contributed by atoms with van der Waals surface area (Å²) in [7, 11) is 0. The van der Waals surface area contributed by atoms with Crippen molar-refractivity contribution in [1.82, 2.24) is 0 Å². The summed E-state index contributed by atoms with van der Waals surface area (Å²) in [4.78, 5) is 0. The minimum atomic E-state index is 0.616. The average Bonchev–Trinajstić information content (AvgIpc) is 2.85. The van der Waals surface area contributed by atoms with Gasteiger partial charge < -0.3 is 0 Å². The van der Waals surface area contributed by atoms with Crippen molar-refractivity contribution in [3.63, 3.8) is 0 Å². The summed E-state index contributed by atoms with van der Waals surface area (Å²) in [6, 6.07) is 0. The first kappa shape index (κ1) is 28.6. The third kappa shape index (κ3) is 23.7. The largest absolute Gasteiger partial charge is 0.101 e. The minimum absolute atomic E-state index is 0.616. The molecule has 0 aliphatic carbocycles. The van der Waals surface area contributed by atoms with Gasteiger partial charge in [-0.2, -0.15) is 0 Å². The van der Waals surface area contributed by atoms with Crippen LogP contribution in [0, 0.1) is 82.9 Å². The number of allylic oxidation sites excluding steroid dienone is 2. The fourth-order valence-corrected chi connectivity index (χ4v) is 1.32. The van der Waals surface area contributed by atoms with Crippen molar-refractivity contribution in [2.45, 2.75) is 34.1 Å². The Kier molecular flexibility index (Phi) is 19.5. The topological polar surface area (TPSA) is 0 Å². The van der Waals surface area contributed by atoms with Gasteiger partial charge >= 0.3 is 0 Å². The Morgan fingerprint density at radius 2 is 0.771 bits per heavy atom. The van der Waals surface area contributed by atoms with Gasteiger partial charge in [-0.05, 0) is 166 Å². The summed E-state index contributed by atoms with van der Waals surface area (Å²) in [5, 5.41) is 0. The van der Waals surface area contributed by atoms with E-state index in [1.165, 1.54) is 0 Å². The van der Waals surface area contributed by atoms with E-state index in [1.54, 1.807) is 13.8 Å². The van der Waals surface area contributed by atoms with Crippen LogP contribution in [0.5, 0.6) is 0 Å². The molecular weight excluding hydrogens is 420 g/mol. The van der Waals surface area contributed by atoms with Crippen molar-refractivity contribution in [2.75, 3.05) is 0 Å². The fraction of sp³-hybridized carbons (Fsp3) is 0.143. The van der Waals surface area contributed by atoms with Gasteiger partial charge in [0.15, 0.2) is 0 Å². The maximum Gasteiger partial charge on any atom is 0.0508 e. The van der Waals surface area contributed by atoms with Gasteiger partial charge in [0.1, 0.15) is 0 Å². The van der Waals surface area contributed by atoms with Crippen LogP contribution in [-0.2, 0) is 0 Å². The Balaban J connectivity index is 5.42. The van der Waals surface area contributed by atoms with Gasteiger partial charge in [0.25, 0.3) is 0 Å². The van der Waals surface area contributed by atoms with Crippen molar-refractivity contribution < 1.29 is 0 Å². The average molecular weight is 434 g/mol. The van der Waals surface area contributed by atoms with Crippen LogP contribution in [0.2, 0.25) is 0 Å². The second kappa shape index (κ2) is 23.9. The van der Waals surface area contributed by atoms with Crippen LogP contribution < -0.4 is 0 Å². The number of rotatable bonds is 0. The van der Waals surface area contributed by atoms with Gasteiger partial charge in [0, 0.05) is 12.0 Å². The molecule has 0 aromatic carbocycles. The Bertz CT molecular complexity index is 1860. The van der Waals surface area contributed by atoms with Crippen molar-refractivity contribution >= 4 is 0 Å². The molecule has 0 bridgehead atoms. The third-order valence-electron chi connectivity index (χ3n) is 2.58. The molecule has 0 nitrogen and oxygen atoms in total. The minimum Gasteiger partial charge on any atom is -0.101 e. The molecule has 0 radical (unpaired) electrons. The molecule has 0 saturated heterocycles. The maximum atomic E-state index is 2.83. The van der Waals surface area contributed by atoms with Crippen molar-refractivity contribution in [2.24, 2.45) is 0 Å². The van der Waals surface area contributed by atoms with E-state index >= 15 is 0 Å². The molecule has 0 amide bonds. The van der Waals surface area contributed by atoms with E-state index in [2.05, 4.69) is 163 Å². The summed E-state index contributed by atoms with van der Waals surface area (Å²) in [6.07, 6.45) is 0.764. The molecule has 0 aliphatic heterocycles. The van der Waals surface area contributed by atoms with Gasteiger partial charge in [-0.1, -0.05) is 18.8 Å². The molecule has 0 heteroatoms. The molecule has 0 atom stereocenters. The molecule has 0 unspecified atom stereocenters. The predicted octanol–water partition coefficient (Wildman–Crippen LogP) is 4.95. The number of hydrogen-bond donors (Lipinski definition) is 0. The molecule has 0 saturated carbocycles. The molecule has 0 fully saturated rings. The van der Waals surface area contributed by atoms with Crippen LogP contribution in [0.3, 0.4) is 0 Å². The zero-order chi connectivity index (χ0) is 25.7. The molecule has 0 aromatic heterocycles. The predicted molar refractivity (Wildman–Crippen MR) is 138 cm³/mol. The normalized spacial score (nSPS) is 4.91. The van der Waals surface area contributed by atoms with E-state index in [1.807, 2.05) is 13.8 Å². The molecule has 154 valence electrons. The lowest BCUT2D eigenvalue weighted by molar-refractivity contribution is 1.28. The van der Waals surface area contributed by atoms with E-state index in [9.17, 15) is 0 Å².